The van der Waals surface area contributed by atoms with Gasteiger partial charge in [-0.3, -0.25) is 0 Å². The third-order valence-corrected chi connectivity index (χ3v) is 2.92. The van der Waals surface area contributed by atoms with Crippen molar-refractivity contribution in [3.05, 3.63) is 35.6 Å². The van der Waals surface area contributed by atoms with Crippen LogP contribution in [0.3, 0.4) is 0 Å². The molecule has 2 N–H and O–H groups in total. The largest absolute Gasteiger partial charge is 0.324 e. The SMILES string of the molecule is N[C@@H](c1ccccc1F)C1CCC1. The van der Waals surface area contributed by atoms with E-state index in [1.165, 1.54) is 12.5 Å². The summed E-state index contributed by atoms with van der Waals surface area (Å²) in [7, 11) is 0. The highest BCUT2D eigenvalue weighted by Crippen LogP contribution is 2.36. The third-order valence-electron chi connectivity index (χ3n) is 2.92. The van der Waals surface area contributed by atoms with Gasteiger partial charge in [-0.05, 0) is 24.8 Å². The molecule has 0 unspecified atom stereocenters. The molecule has 0 radical (unpaired) electrons. The summed E-state index contributed by atoms with van der Waals surface area (Å²) in [6.07, 6.45) is 3.54. The minimum atomic E-state index is -0.165. The van der Waals surface area contributed by atoms with Gasteiger partial charge in [-0.25, -0.2) is 4.39 Å². The lowest BCUT2D eigenvalue weighted by atomic mass is 9.77. The second-order valence-corrected chi connectivity index (χ2v) is 3.74. The van der Waals surface area contributed by atoms with Gasteiger partial charge in [0.25, 0.3) is 0 Å². The molecule has 1 atom stereocenters. The molecule has 0 aliphatic heterocycles. The molecular formula is C11H14FN. The number of hydrogen-bond donors (Lipinski definition) is 1. The van der Waals surface area contributed by atoms with E-state index < -0.39 is 0 Å². The zero-order valence-electron chi connectivity index (χ0n) is 7.54. The standard InChI is InChI=1S/C11H14FN/c12-10-7-2-1-6-9(10)11(13)8-4-3-5-8/h1-2,6-8,11H,3-5,13H2/t11-/m1/s1. The number of rotatable bonds is 2. The molecule has 1 saturated carbocycles. The third kappa shape index (κ3) is 1.59. The molecule has 0 saturated heterocycles. The van der Waals surface area contributed by atoms with Crippen LogP contribution in [-0.2, 0) is 0 Å². The van der Waals surface area contributed by atoms with E-state index in [-0.39, 0.29) is 11.9 Å². The van der Waals surface area contributed by atoms with Crippen molar-refractivity contribution < 1.29 is 4.39 Å². The van der Waals surface area contributed by atoms with E-state index in [4.69, 9.17) is 5.73 Å². The highest BCUT2D eigenvalue weighted by Gasteiger charge is 2.26. The van der Waals surface area contributed by atoms with Crippen LogP contribution in [-0.4, -0.2) is 0 Å². The van der Waals surface area contributed by atoms with E-state index in [1.54, 1.807) is 12.1 Å². The smallest absolute Gasteiger partial charge is 0.127 e. The molecule has 70 valence electrons. The van der Waals surface area contributed by atoms with Crippen molar-refractivity contribution in [1.82, 2.24) is 0 Å². The maximum atomic E-state index is 13.3. The second kappa shape index (κ2) is 3.46. The first-order valence-corrected chi connectivity index (χ1v) is 4.79. The van der Waals surface area contributed by atoms with E-state index in [9.17, 15) is 4.39 Å². The summed E-state index contributed by atoms with van der Waals surface area (Å²) >= 11 is 0. The van der Waals surface area contributed by atoms with Crippen molar-refractivity contribution in [1.29, 1.82) is 0 Å². The van der Waals surface area contributed by atoms with E-state index in [1.807, 2.05) is 6.07 Å². The predicted octanol–water partition coefficient (Wildman–Crippen LogP) is 2.63. The van der Waals surface area contributed by atoms with Gasteiger partial charge in [0, 0.05) is 11.6 Å². The van der Waals surface area contributed by atoms with Crippen LogP contribution in [0.1, 0.15) is 30.9 Å². The Morgan fingerprint density at radius 2 is 2.00 bits per heavy atom. The van der Waals surface area contributed by atoms with Crippen LogP contribution >= 0.6 is 0 Å². The first-order chi connectivity index (χ1) is 6.29. The predicted molar refractivity (Wildman–Crippen MR) is 50.7 cm³/mol. The number of benzene rings is 1. The summed E-state index contributed by atoms with van der Waals surface area (Å²) in [5.74, 6) is 0.332. The molecule has 2 rings (SSSR count). The van der Waals surface area contributed by atoms with E-state index in [0.29, 0.717) is 11.5 Å². The normalized spacial score (nSPS) is 19.5. The Morgan fingerprint density at radius 3 is 2.54 bits per heavy atom. The molecule has 1 aromatic rings. The minimum Gasteiger partial charge on any atom is -0.324 e. The molecular weight excluding hydrogens is 165 g/mol. The van der Waals surface area contributed by atoms with E-state index in [2.05, 4.69) is 0 Å². The average molecular weight is 179 g/mol. The van der Waals surface area contributed by atoms with Gasteiger partial charge in [-0.1, -0.05) is 24.6 Å². The Morgan fingerprint density at radius 1 is 1.31 bits per heavy atom. The van der Waals surface area contributed by atoms with Crippen molar-refractivity contribution in [3.63, 3.8) is 0 Å². The lowest BCUT2D eigenvalue weighted by Gasteiger charge is -2.31. The number of halogens is 1. The Labute approximate surface area is 77.8 Å². The summed E-state index contributed by atoms with van der Waals surface area (Å²) in [4.78, 5) is 0. The topological polar surface area (TPSA) is 26.0 Å². The quantitative estimate of drug-likeness (QED) is 0.742. The maximum Gasteiger partial charge on any atom is 0.127 e. The highest BCUT2D eigenvalue weighted by atomic mass is 19.1. The molecule has 0 aromatic heterocycles. The Kier molecular flexibility index (Phi) is 2.32. The fourth-order valence-electron chi connectivity index (χ4n) is 1.80. The van der Waals surface area contributed by atoms with Gasteiger partial charge < -0.3 is 5.73 Å². The van der Waals surface area contributed by atoms with Gasteiger partial charge in [0.05, 0.1) is 0 Å². The van der Waals surface area contributed by atoms with Crippen LogP contribution < -0.4 is 5.73 Å². The lowest BCUT2D eigenvalue weighted by Crippen LogP contribution is -2.27. The van der Waals surface area contributed by atoms with Crippen molar-refractivity contribution >= 4 is 0 Å². The molecule has 1 nitrogen and oxygen atoms in total. The summed E-state index contributed by atoms with van der Waals surface area (Å²) in [6, 6.07) is 6.71. The van der Waals surface area contributed by atoms with Crippen molar-refractivity contribution in [2.75, 3.05) is 0 Å². The Balaban J connectivity index is 2.18. The van der Waals surface area contributed by atoms with Crippen molar-refractivity contribution in [2.45, 2.75) is 25.3 Å². The molecule has 1 fully saturated rings. The Bertz CT molecular complexity index is 294. The monoisotopic (exact) mass is 179 g/mol. The summed E-state index contributed by atoms with van der Waals surface area (Å²) in [6.45, 7) is 0. The molecule has 0 heterocycles. The van der Waals surface area contributed by atoms with Crippen LogP contribution in [0.25, 0.3) is 0 Å². The Hall–Kier alpha value is -0.890. The zero-order valence-corrected chi connectivity index (χ0v) is 7.54. The van der Waals surface area contributed by atoms with Gasteiger partial charge in [0.15, 0.2) is 0 Å². The lowest BCUT2D eigenvalue weighted by molar-refractivity contribution is 0.260. The van der Waals surface area contributed by atoms with Crippen molar-refractivity contribution in [3.8, 4) is 0 Å². The van der Waals surface area contributed by atoms with Gasteiger partial charge >= 0.3 is 0 Å². The summed E-state index contributed by atoms with van der Waals surface area (Å²) < 4.78 is 13.3. The zero-order chi connectivity index (χ0) is 9.26. The fraction of sp³-hybridized carbons (Fsp3) is 0.455. The van der Waals surface area contributed by atoms with Crippen molar-refractivity contribution in [2.24, 2.45) is 11.7 Å². The van der Waals surface area contributed by atoms with Crippen LogP contribution in [0.2, 0.25) is 0 Å². The van der Waals surface area contributed by atoms with Gasteiger partial charge in [0.2, 0.25) is 0 Å². The van der Waals surface area contributed by atoms with Crippen LogP contribution in [0.5, 0.6) is 0 Å². The molecule has 0 amide bonds. The van der Waals surface area contributed by atoms with Crippen LogP contribution in [0.15, 0.2) is 24.3 Å². The second-order valence-electron chi connectivity index (χ2n) is 3.74. The van der Waals surface area contributed by atoms with Crippen LogP contribution in [0, 0.1) is 11.7 Å². The first kappa shape index (κ1) is 8.70. The van der Waals surface area contributed by atoms with E-state index >= 15 is 0 Å². The first-order valence-electron chi connectivity index (χ1n) is 4.79. The van der Waals surface area contributed by atoms with Crippen LogP contribution in [0.4, 0.5) is 4.39 Å². The van der Waals surface area contributed by atoms with E-state index in [0.717, 1.165) is 12.8 Å². The average Bonchev–Trinajstić information content (AvgIpc) is 2.01. The molecule has 0 spiro atoms. The number of nitrogens with two attached hydrogens (primary N) is 1. The highest BCUT2D eigenvalue weighted by molar-refractivity contribution is 5.21. The fourth-order valence-corrected chi connectivity index (χ4v) is 1.80. The molecule has 0 bridgehead atoms. The molecule has 1 aromatic carbocycles. The molecule has 2 heteroatoms. The number of hydrogen-bond acceptors (Lipinski definition) is 1. The van der Waals surface area contributed by atoms with Gasteiger partial charge in [-0.15, -0.1) is 0 Å². The molecule has 13 heavy (non-hydrogen) atoms. The molecule has 1 aliphatic carbocycles. The minimum absolute atomic E-state index is 0.102. The summed E-state index contributed by atoms with van der Waals surface area (Å²) in [5, 5.41) is 0. The maximum absolute atomic E-state index is 13.3. The summed E-state index contributed by atoms with van der Waals surface area (Å²) in [5.41, 5.74) is 6.63. The van der Waals surface area contributed by atoms with Gasteiger partial charge in [0.1, 0.15) is 5.82 Å². The molecule has 1 aliphatic rings. The van der Waals surface area contributed by atoms with Gasteiger partial charge in [-0.2, -0.15) is 0 Å².